The molecule has 2 rings (SSSR count). The van der Waals surface area contributed by atoms with Crippen LogP contribution < -0.4 is 10.6 Å². The van der Waals surface area contributed by atoms with Crippen molar-refractivity contribution < 1.29 is 14.7 Å². The standard InChI is InChI=1S/C14H17ClN2O3/c15-12-4-2-1-3-10(12)8-16-14(20)17-11-6-5-9(7-11)13(18)19/h1-4,9,11H,5-8H2,(H,18,19)(H2,16,17,20)/t9-,11+/m1/s1. The molecule has 20 heavy (non-hydrogen) atoms. The number of carbonyl (C=O) groups excluding carboxylic acids is 1. The van der Waals surface area contributed by atoms with Gasteiger partial charge < -0.3 is 15.7 Å². The van der Waals surface area contributed by atoms with Crippen LogP contribution in [0.15, 0.2) is 24.3 Å². The van der Waals surface area contributed by atoms with E-state index in [1.807, 2.05) is 18.2 Å². The fourth-order valence-electron chi connectivity index (χ4n) is 2.39. The molecule has 5 nitrogen and oxygen atoms in total. The lowest BCUT2D eigenvalue weighted by Crippen LogP contribution is -2.40. The van der Waals surface area contributed by atoms with E-state index in [1.165, 1.54) is 0 Å². The number of carbonyl (C=O) groups is 2. The van der Waals surface area contributed by atoms with E-state index < -0.39 is 5.97 Å². The lowest BCUT2D eigenvalue weighted by Gasteiger charge is -2.13. The second-order valence-corrected chi connectivity index (χ2v) is 5.37. The van der Waals surface area contributed by atoms with Crippen molar-refractivity contribution in [2.45, 2.75) is 31.8 Å². The van der Waals surface area contributed by atoms with E-state index >= 15 is 0 Å². The molecule has 0 radical (unpaired) electrons. The number of rotatable bonds is 4. The summed E-state index contributed by atoms with van der Waals surface area (Å²) in [4.78, 5) is 22.6. The van der Waals surface area contributed by atoms with Crippen molar-refractivity contribution in [2.24, 2.45) is 5.92 Å². The summed E-state index contributed by atoms with van der Waals surface area (Å²) in [5, 5.41) is 15.0. The van der Waals surface area contributed by atoms with Crippen molar-refractivity contribution in [3.63, 3.8) is 0 Å². The zero-order valence-electron chi connectivity index (χ0n) is 10.9. The monoisotopic (exact) mass is 296 g/mol. The Morgan fingerprint density at radius 2 is 2.05 bits per heavy atom. The molecule has 1 aromatic carbocycles. The van der Waals surface area contributed by atoms with E-state index in [2.05, 4.69) is 10.6 Å². The van der Waals surface area contributed by atoms with Crippen LogP contribution in [0.5, 0.6) is 0 Å². The summed E-state index contributed by atoms with van der Waals surface area (Å²) in [6.07, 6.45) is 1.82. The highest BCUT2D eigenvalue weighted by Gasteiger charge is 2.30. The third kappa shape index (κ3) is 3.87. The van der Waals surface area contributed by atoms with E-state index in [0.717, 1.165) is 5.56 Å². The molecule has 2 amide bonds. The predicted octanol–water partition coefficient (Wildman–Crippen LogP) is 2.39. The van der Waals surface area contributed by atoms with Crippen molar-refractivity contribution in [1.82, 2.24) is 10.6 Å². The number of urea groups is 1. The Kier molecular flexibility index (Phi) is 4.84. The van der Waals surface area contributed by atoms with E-state index in [9.17, 15) is 9.59 Å². The Balaban J connectivity index is 1.77. The van der Waals surface area contributed by atoms with Gasteiger partial charge in [0, 0.05) is 17.6 Å². The Labute approximate surface area is 122 Å². The summed E-state index contributed by atoms with van der Waals surface area (Å²) in [7, 11) is 0. The van der Waals surface area contributed by atoms with Crippen LogP contribution in [-0.2, 0) is 11.3 Å². The summed E-state index contributed by atoms with van der Waals surface area (Å²) in [6.45, 7) is 0.348. The Morgan fingerprint density at radius 3 is 2.70 bits per heavy atom. The number of carboxylic acid groups (broad SMARTS) is 1. The van der Waals surface area contributed by atoms with Gasteiger partial charge in [0.2, 0.25) is 0 Å². The lowest BCUT2D eigenvalue weighted by molar-refractivity contribution is -0.141. The predicted molar refractivity (Wildman–Crippen MR) is 75.6 cm³/mol. The Morgan fingerprint density at radius 1 is 1.30 bits per heavy atom. The Hall–Kier alpha value is -1.75. The maximum atomic E-state index is 11.7. The molecule has 6 heteroatoms. The van der Waals surface area contributed by atoms with Crippen molar-refractivity contribution >= 4 is 23.6 Å². The van der Waals surface area contributed by atoms with Gasteiger partial charge in [0.25, 0.3) is 0 Å². The molecule has 1 aliphatic rings. The van der Waals surface area contributed by atoms with E-state index in [0.29, 0.717) is 30.8 Å². The third-order valence-corrected chi connectivity index (χ3v) is 3.88. The van der Waals surface area contributed by atoms with E-state index in [1.54, 1.807) is 6.07 Å². The van der Waals surface area contributed by atoms with Crippen molar-refractivity contribution in [1.29, 1.82) is 0 Å². The summed E-state index contributed by atoms with van der Waals surface area (Å²) < 4.78 is 0. The molecule has 3 N–H and O–H groups in total. The van der Waals surface area contributed by atoms with Gasteiger partial charge in [-0.25, -0.2) is 4.79 Å². The molecule has 1 fully saturated rings. The van der Waals surface area contributed by atoms with Crippen LogP contribution in [0.2, 0.25) is 5.02 Å². The minimum absolute atomic E-state index is 0.0673. The molecule has 1 saturated carbocycles. The smallest absolute Gasteiger partial charge is 0.315 e. The zero-order valence-corrected chi connectivity index (χ0v) is 11.7. The highest BCUT2D eigenvalue weighted by Crippen LogP contribution is 2.25. The molecular formula is C14H17ClN2O3. The van der Waals surface area contributed by atoms with Gasteiger partial charge in [0.15, 0.2) is 0 Å². The fourth-order valence-corrected chi connectivity index (χ4v) is 2.59. The van der Waals surface area contributed by atoms with Crippen LogP contribution in [-0.4, -0.2) is 23.1 Å². The van der Waals surface area contributed by atoms with Gasteiger partial charge in [-0.05, 0) is 30.9 Å². The number of hydrogen-bond donors (Lipinski definition) is 3. The zero-order chi connectivity index (χ0) is 14.5. The van der Waals surface area contributed by atoms with Gasteiger partial charge in [0.1, 0.15) is 0 Å². The van der Waals surface area contributed by atoms with Crippen LogP contribution >= 0.6 is 11.6 Å². The number of amides is 2. The van der Waals surface area contributed by atoms with E-state index in [4.69, 9.17) is 16.7 Å². The summed E-state index contributed by atoms with van der Waals surface area (Å²) in [5.41, 5.74) is 0.846. The highest BCUT2D eigenvalue weighted by molar-refractivity contribution is 6.31. The fraction of sp³-hybridized carbons (Fsp3) is 0.429. The molecule has 0 aromatic heterocycles. The molecule has 0 aliphatic heterocycles. The third-order valence-electron chi connectivity index (χ3n) is 3.51. The van der Waals surface area contributed by atoms with Gasteiger partial charge in [-0.3, -0.25) is 4.79 Å². The molecule has 1 aliphatic carbocycles. The number of nitrogens with one attached hydrogen (secondary N) is 2. The van der Waals surface area contributed by atoms with E-state index in [-0.39, 0.29) is 18.0 Å². The molecule has 0 bridgehead atoms. The second kappa shape index (κ2) is 6.61. The van der Waals surface area contributed by atoms with Gasteiger partial charge in [-0.1, -0.05) is 29.8 Å². The van der Waals surface area contributed by atoms with Gasteiger partial charge in [0.05, 0.1) is 5.92 Å². The largest absolute Gasteiger partial charge is 0.481 e. The van der Waals surface area contributed by atoms with Crippen molar-refractivity contribution in [3.05, 3.63) is 34.9 Å². The number of halogens is 1. The van der Waals surface area contributed by atoms with Crippen molar-refractivity contribution in [2.75, 3.05) is 0 Å². The number of carboxylic acids is 1. The van der Waals surface area contributed by atoms with Crippen LogP contribution in [0.1, 0.15) is 24.8 Å². The van der Waals surface area contributed by atoms with Gasteiger partial charge in [-0.2, -0.15) is 0 Å². The maximum Gasteiger partial charge on any atom is 0.315 e. The summed E-state index contributed by atoms with van der Waals surface area (Å²) in [5.74, 6) is -1.13. The number of benzene rings is 1. The first-order chi connectivity index (χ1) is 9.56. The highest BCUT2D eigenvalue weighted by atomic mass is 35.5. The van der Waals surface area contributed by atoms with Gasteiger partial charge >= 0.3 is 12.0 Å². The first kappa shape index (κ1) is 14.7. The minimum atomic E-state index is -0.786. The molecular weight excluding hydrogens is 280 g/mol. The molecule has 0 unspecified atom stereocenters. The normalized spacial score (nSPS) is 21.4. The molecule has 108 valence electrons. The molecule has 0 saturated heterocycles. The average Bonchev–Trinajstić information content (AvgIpc) is 2.86. The molecule has 1 aromatic rings. The van der Waals surface area contributed by atoms with Crippen molar-refractivity contribution in [3.8, 4) is 0 Å². The maximum absolute atomic E-state index is 11.7. The number of aliphatic carboxylic acids is 1. The Bertz CT molecular complexity index is 507. The average molecular weight is 297 g/mol. The molecule has 0 heterocycles. The van der Waals surface area contributed by atoms with Crippen LogP contribution in [0.25, 0.3) is 0 Å². The second-order valence-electron chi connectivity index (χ2n) is 4.96. The summed E-state index contributed by atoms with van der Waals surface area (Å²) in [6, 6.07) is 6.94. The number of hydrogen-bond acceptors (Lipinski definition) is 2. The van der Waals surface area contributed by atoms with Crippen LogP contribution in [0.3, 0.4) is 0 Å². The first-order valence-corrected chi connectivity index (χ1v) is 6.94. The summed E-state index contributed by atoms with van der Waals surface area (Å²) >= 11 is 5.99. The topological polar surface area (TPSA) is 78.4 Å². The first-order valence-electron chi connectivity index (χ1n) is 6.57. The lowest BCUT2D eigenvalue weighted by atomic mass is 10.1. The van der Waals surface area contributed by atoms with Gasteiger partial charge in [-0.15, -0.1) is 0 Å². The van der Waals surface area contributed by atoms with Crippen LogP contribution in [0.4, 0.5) is 4.79 Å². The van der Waals surface area contributed by atoms with Crippen LogP contribution in [0, 0.1) is 5.92 Å². The molecule has 2 atom stereocenters. The molecule has 0 spiro atoms. The quantitative estimate of drug-likeness (QED) is 0.798. The SMILES string of the molecule is O=C(NCc1ccccc1Cl)N[C@H]1CC[C@@H](C(=O)O)C1. The minimum Gasteiger partial charge on any atom is -0.481 e.